The first-order valence-corrected chi connectivity index (χ1v) is 9.24. The molecule has 3 rings (SSSR count). The second-order valence-corrected chi connectivity index (χ2v) is 6.61. The van der Waals surface area contributed by atoms with E-state index in [1.54, 1.807) is 18.3 Å². The molecule has 0 saturated heterocycles. The number of aromatic nitrogens is 1. The number of nitrogens with one attached hydrogen (secondary N) is 2. The molecule has 0 fully saturated rings. The van der Waals surface area contributed by atoms with E-state index in [0.29, 0.717) is 5.56 Å². The zero-order valence-corrected chi connectivity index (χ0v) is 15.7. The van der Waals surface area contributed by atoms with Crippen molar-refractivity contribution < 1.29 is 9.59 Å². The topological polar surface area (TPSA) is 71.1 Å². The van der Waals surface area contributed by atoms with Gasteiger partial charge in [0.15, 0.2) is 0 Å². The van der Waals surface area contributed by atoms with Gasteiger partial charge in [-0.15, -0.1) is 0 Å². The highest BCUT2D eigenvalue weighted by Gasteiger charge is 2.20. The predicted molar refractivity (Wildman–Crippen MR) is 109 cm³/mol. The molecule has 5 heteroatoms. The summed E-state index contributed by atoms with van der Waals surface area (Å²) in [6, 6.07) is 23.7. The molecule has 2 unspecified atom stereocenters. The average Bonchev–Trinajstić information content (AvgIpc) is 2.74. The van der Waals surface area contributed by atoms with Crippen molar-refractivity contribution in [2.24, 2.45) is 0 Å². The van der Waals surface area contributed by atoms with E-state index in [4.69, 9.17) is 0 Å². The molecule has 3 aromatic rings. The first-order valence-electron chi connectivity index (χ1n) is 9.24. The number of nitrogens with zero attached hydrogens (tertiary/aromatic N) is 1. The summed E-state index contributed by atoms with van der Waals surface area (Å²) in [5.41, 5.74) is 2.30. The summed E-state index contributed by atoms with van der Waals surface area (Å²) in [5.74, 6) is -0.342. The highest BCUT2D eigenvalue weighted by atomic mass is 16.2. The SMILES string of the molecule is CC(CC(=O)NC(c1ccccc1)c1ccccn1)NC(=O)c1ccccc1. The normalized spacial score (nSPS) is 12.6. The van der Waals surface area contributed by atoms with Gasteiger partial charge in [0, 0.05) is 24.2 Å². The summed E-state index contributed by atoms with van der Waals surface area (Å²) < 4.78 is 0. The number of benzene rings is 2. The van der Waals surface area contributed by atoms with Crippen LogP contribution in [-0.2, 0) is 4.79 Å². The van der Waals surface area contributed by atoms with Crippen molar-refractivity contribution in [1.29, 1.82) is 0 Å². The van der Waals surface area contributed by atoms with Gasteiger partial charge in [-0.05, 0) is 36.8 Å². The maximum atomic E-state index is 12.6. The van der Waals surface area contributed by atoms with Crippen LogP contribution in [0, 0.1) is 0 Å². The van der Waals surface area contributed by atoms with Crippen LogP contribution >= 0.6 is 0 Å². The average molecular weight is 373 g/mol. The minimum absolute atomic E-state index is 0.152. The summed E-state index contributed by atoms with van der Waals surface area (Å²) in [4.78, 5) is 29.3. The highest BCUT2D eigenvalue weighted by molar-refractivity contribution is 5.94. The third-order valence-corrected chi connectivity index (χ3v) is 4.33. The van der Waals surface area contributed by atoms with E-state index in [-0.39, 0.29) is 30.3 Å². The van der Waals surface area contributed by atoms with E-state index in [9.17, 15) is 9.59 Å². The summed E-state index contributed by atoms with van der Waals surface area (Å²) in [6.45, 7) is 1.82. The van der Waals surface area contributed by atoms with Crippen LogP contribution in [0.3, 0.4) is 0 Å². The molecule has 0 spiro atoms. The standard InChI is InChI=1S/C23H23N3O2/c1-17(25-23(28)19-12-6-3-7-13-19)16-21(27)26-22(18-10-4-2-5-11-18)20-14-8-9-15-24-20/h2-15,17,22H,16H2,1H3,(H,25,28)(H,26,27). The summed E-state index contributed by atoms with van der Waals surface area (Å²) in [5, 5.41) is 5.91. The molecule has 1 heterocycles. The van der Waals surface area contributed by atoms with Crippen LogP contribution in [0.4, 0.5) is 0 Å². The maximum Gasteiger partial charge on any atom is 0.251 e. The van der Waals surface area contributed by atoms with E-state index in [1.165, 1.54) is 0 Å². The fraction of sp³-hybridized carbons (Fsp3) is 0.174. The molecule has 2 atom stereocenters. The molecule has 28 heavy (non-hydrogen) atoms. The fourth-order valence-electron chi connectivity index (χ4n) is 2.97. The monoisotopic (exact) mass is 373 g/mol. The van der Waals surface area contributed by atoms with Gasteiger partial charge < -0.3 is 10.6 Å². The van der Waals surface area contributed by atoms with Crippen molar-refractivity contribution in [2.45, 2.75) is 25.4 Å². The Bertz CT molecular complexity index is 859. The Morgan fingerprint density at radius 2 is 1.50 bits per heavy atom. The Morgan fingerprint density at radius 1 is 0.857 bits per heavy atom. The van der Waals surface area contributed by atoms with Gasteiger partial charge in [-0.1, -0.05) is 54.6 Å². The van der Waals surface area contributed by atoms with Crippen LogP contribution in [0.15, 0.2) is 85.1 Å². The van der Waals surface area contributed by atoms with Crippen LogP contribution in [0.25, 0.3) is 0 Å². The molecule has 0 bridgehead atoms. The molecule has 2 aromatic carbocycles. The van der Waals surface area contributed by atoms with Crippen molar-refractivity contribution in [2.75, 3.05) is 0 Å². The lowest BCUT2D eigenvalue weighted by molar-refractivity contribution is -0.122. The van der Waals surface area contributed by atoms with Crippen molar-refractivity contribution in [3.05, 3.63) is 102 Å². The quantitative estimate of drug-likeness (QED) is 0.666. The first kappa shape index (κ1) is 19.3. The highest BCUT2D eigenvalue weighted by Crippen LogP contribution is 2.20. The molecule has 0 aliphatic carbocycles. The van der Waals surface area contributed by atoms with E-state index in [1.807, 2.05) is 73.7 Å². The lowest BCUT2D eigenvalue weighted by atomic mass is 10.0. The molecule has 0 aliphatic heterocycles. The number of hydrogen-bond donors (Lipinski definition) is 2. The lowest BCUT2D eigenvalue weighted by Gasteiger charge is -2.20. The Labute approximate surface area is 164 Å². The summed E-state index contributed by atoms with van der Waals surface area (Å²) in [6.07, 6.45) is 1.88. The van der Waals surface area contributed by atoms with Gasteiger partial charge in [0.25, 0.3) is 5.91 Å². The number of carbonyl (C=O) groups excluding carboxylic acids is 2. The number of rotatable bonds is 7. The van der Waals surface area contributed by atoms with Gasteiger partial charge >= 0.3 is 0 Å². The molecule has 142 valence electrons. The zero-order valence-electron chi connectivity index (χ0n) is 15.7. The molecule has 2 N–H and O–H groups in total. The number of carbonyl (C=O) groups is 2. The van der Waals surface area contributed by atoms with Gasteiger partial charge in [0.1, 0.15) is 0 Å². The van der Waals surface area contributed by atoms with Crippen molar-refractivity contribution in [1.82, 2.24) is 15.6 Å². The second kappa shape index (κ2) is 9.46. The number of pyridine rings is 1. The van der Waals surface area contributed by atoms with E-state index >= 15 is 0 Å². The lowest BCUT2D eigenvalue weighted by Crippen LogP contribution is -2.38. The van der Waals surface area contributed by atoms with Crippen molar-refractivity contribution >= 4 is 11.8 Å². The smallest absolute Gasteiger partial charge is 0.251 e. The van der Waals surface area contributed by atoms with Gasteiger partial charge in [-0.2, -0.15) is 0 Å². The molecule has 0 saturated carbocycles. The predicted octanol–water partition coefficient (Wildman–Crippen LogP) is 3.50. The maximum absolute atomic E-state index is 12.6. The largest absolute Gasteiger partial charge is 0.349 e. The van der Waals surface area contributed by atoms with Crippen LogP contribution < -0.4 is 10.6 Å². The fourth-order valence-corrected chi connectivity index (χ4v) is 2.97. The third kappa shape index (κ3) is 5.27. The van der Waals surface area contributed by atoms with Crippen molar-refractivity contribution in [3.8, 4) is 0 Å². The molecule has 2 amide bonds. The molecule has 1 aromatic heterocycles. The van der Waals surface area contributed by atoms with Crippen LogP contribution in [-0.4, -0.2) is 22.8 Å². The van der Waals surface area contributed by atoms with Gasteiger partial charge in [0.05, 0.1) is 11.7 Å². The van der Waals surface area contributed by atoms with Gasteiger partial charge in [-0.3, -0.25) is 14.6 Å². The van der Waals surface area contributed by atoms with Crippen LogP contribution in [0.5, 0.6) is 0 Å². The zero-order chi connectivity index (χ0) is 19.8. The van der Waals surface area contributed by atoms with Gasteiger partial charge in [-0.25, -0.2) is 0 Å². The Kier molecular flexibility index (Phi) is 6.52. The van der Waals surface area contributed by atoms with Crippen LogP contribution in [0.2, 0.25) is 0 Å². The minimum atomic E-state index is -0.341. The van der Waals surface area contributed by atoms with E-state index in [0.717, 1.165) is 11.3 Å². The van der Waals surface area contributed by atoms with Crippen molar-refractivity contribution in [3.63, 3.8) is 0 Å². The number of amides is 2. The first-order chi connectivity index (χ1) is 13.6. The molecule has 0 radical (unpaired) electrons. The van der Waals surface area contributed by atoms with Crippen LogP contribution in [0.1, 0.15) is 41.0 Å². The summed E-state index contributed by atoms with van der Waals surface area (Å²) in [7, 11) is 0. The molecule has 5 nitrogen and oxygen atoms in total. The summed E-state index contributed by atoms with van der Waals surface area (Å²) >= 11 is 0. The molecular weight excluding hydrogens is 350 g/mol. The van der Waals surface area contributed by atoms with E-state index < -0.39 is 0 Å². The Hall–Kier alpha value is -3.47. The molecular formula is C23H23N3O2. The number of hydrogen-bond acceptors (Lipinski definition) is 3. The minimum Gasteiger partial charge on any atom is -0.349 e. The Morgan fingerprint density at radius 3 is 2.14 bits per heavy atom. The Balaban J connectivity index is 1.64. The third-order valence-electron chi connectivity index (χ3n) is 4.33. The van der Waals surface area contributed by atoms with Gasteiger partial charge in [0.2, 0.25) is 5.91 Å². The van der Waals surface area contributed by atoms with E-state index in [2.05, 4.69) is 15.6 Å². The molecule has 0 aliphatic rings. The second-order valence-electron chi connectivity index (χ2n) is 6.61.